The van der Waals surface area contributed by atoms with Crippen LogP contribution in [-0.4, -0.2) is 48.2 Å². The largest absolute Gasteiger partial charge is 0.366 e. The Morgan fingerprint density at radius 3 is 2.45 bits per heavy atom. The number of hydrogen-bond donors (Lipinski definition) is 1. The molecule has 0 aliphatic carbocycles. The molecule has 2 heterocycles. The molecule has 2 fully saturated rings. The van der Waals surface area contributed by atoms with Gasteiger partial charge in [0.1, 0.15) is 0 Å². The summed E-state index contributed by atoms with van der Waals surface area (Å²) < 4.78 is 6.03. The lowest BCUT2D eigenvalue weighted by Gasteiger charge is -2.47. The van der Waals surface area contributed by atoms with E-state index in [-0.39, 0.29) is 11.2 Å². The molecule has 0 bridgehead atoms. The fraction of sp³-hybridized carbons (Fsp3) is 0.938. The molecule has 116 valence electrons. The van der Waals surface area contributed by atoms with E-state index in [1.54, 1.807) is 0 Å². The summed E-state index contributed by atoms with van der Waals surface area (Å²) in [7, 11) is 0. The Labute approximate surface area is 123 Å². The maximum absolute atomic E-state index is 12.5. The molecule has 0 saturated carbocycles. The molecule has 4 nitrogen and oxygen atoms in total. The van der Waals surface area contributed by atoms with E-state index in [1.807, 2.05) is 4.90 Å². The summed E-state index contributed by atoms with van der Waals surface area (Å²) in [5, 5.41) is 3.42. The fourth-order valence-corrected chi connectivity index (χ4v) is 3.62. The maximum atomic E-state index is 12.5. The second-order valence-electron chi connectivity index (χ2n) is 7.62. The van der Waals surface area contributed by atoms with Gasteiger partial charge in [-0.25, -0.2) is 0 Å². The summed E-state index contributed by atoms with van der Waals surface area (Å²) in [6, 6.07) is 0. The Balaban J connectivity index is 1.84. The number of hydrogen-bond acceptors (Lipinski definition) is 3. The molecule has 1 atom stereocenters. The Kier molecular flexibility index (Phi) is 4.75. The molecule has 2 aliphatic rings. The number of rotatable bonds is 3. The fourth-order valence-electron chi connectivity index (χ4n) is 3.62. The molecule has 0 aromatic carbocycles. The van der Waals surface area contributed by atoms with Crippen LogP contribution in [0.2, 0.25) is 0 Å². The van der Waals surface area contributed by atoms with E-state index in [0.717, 1.165) is 19.5 Å². The lowest BCUT2D eigenvalue weighted by molar-refractivity contribution is -0.188. The average Bonchev–Trinajstić information content (AvgIpc) is 2.33. The second-order valence-corrected chi connectivity index (χ2v) is 7.62. The summed E-state index contributed by atoms with van der Waals surface area (Å²) >= 11 is 0. The maximum Gasteiger partial charge on any atom is 0.222 e. The lowest BCUT2D eigenvalue weighted by Crippen LogP contribution is -2.58. The Morgan fingerprint density at radius 1 is 1.25 bits per heavy atom. The molecule has 2 saturated heterocycles. The van der Waals surface area contributed by atoms with E-state index >= 15 is 0 Å². The topological polar surface area (TPSA) is 41.6 Å². The predicted octanol–water partition coefficient (Wildman–Crippen LogP) is 2.18. The molecule has 2 aliphatic heterocycles. The van der Waals surface area contributed by atoms with Crippen LogP contribution < -0.4 is 5.32 Å². The molecule has 20 heavy (non-hydrogen) atoms. The molecular weight excluding hydrogens is 252 g/mol. The van der Waals surface area contributed by atoms with Crippen molar-refractivity contribution in [1.29, 1.82) is 0 Å². The van der Waals surface area contributed by atoms with E-state index in [4.69, 9.17) is 4.74 Å². The number of morpholine rings is 1. The first-order chi connectivity index (χ1) is 9.27. The average molecular weight is 282 g/mol. The van der Waals surface area contributed by atoms with Gasteiger partial charge in [-0.2, -0.15) is 0 Å². The Bertz CT molecular complexity index is 330. The predicted molar refractivity (Wildman–Crippen MR) is 80.7 cm³/mol. The minimum Gasteiger partial charge on any atom is -0.366 e. The van der Waals surface area contributed by atoms with Crippen molar-refractivity contribution in [2.75, 3.05) is 26.2 Å². The smallest absolute Gasteiger partial charge is 0.222 e. The third-order valence-corrected chi connectivity index (χ3v) is 4.21. The zero-order valence-corrected chi connectivity index (χ0v) is 13.5. The van der Waals surface area contributed by atoms with Gasteiger partial charge in [0.25, 0.3) is 0 Å². The molecule has 1 unspecified atom stereocenters. The molecule has 2 rings (SSSR count). The van der Waals surface area contributed by atoms with Crippen LogP contribution in [0.3, 0.4) is 0 Å². The summed E-state index contributed by atoms with van der Waals surface area (Å²) in [5.41, 5.74) is -0.492. The van der Waals surface area contributed by atoms with Crippen molar-refractivity contribution in [3.8, 4) is 0 Å². The van der Waals surface area contributed by atoms with Crippen molar-refractivity contribution < 1.29 is 9.53 Å². The van der Waals surface area contributed by atoms with Crippen molar-refractivity contribution in [2.45, 2.75) is 64.6 Å². The van der Waals surface area contributed by atoms with Gasteiger partial charge in [0.15, 0.2) is 0 Å². The van der Waals surface area contributed by atoms with Crippen molar-refractivity contribution in [3.63, 3.8) is 0 Å². The molecule has 0 radical (unpaired) electrons. The van der Waals surface area contributed by atoms with Gasteiger partial charge in [-0.3, -0.25) is 4.79 Å². The number of carbonyl (C=O) groups excluding carboxylic acids is 1. The van der Waals surface area contributed by atoms with Gasteiger partial charge in [0.05, 0.1) is 11.2 Å². The van der Waals surface area contributed by atoms with Crippen LogP contribution >= 0.6 is 0 Å². The molecular formula is C16H30N2O2. The van der Waals surface area contributed by atoms with Crippen molar-refractivity contribution in [3.05, 3.63) is 0 Å². The van der Waals surface area contributed by atoms with Gasteiger partial charge in [0.2, 0.25) is 5.91 Å². The van der Waals surface area contributed by atoms with E-state index in [0.29, 0.717) is 31.3 Å². The van der Waals surface area contributed by atoms with Crippen molar-refractivity contribution in [1.82, 2.24) is 10.2 Å². The quantitative estimate of drug-likeness (QED) is 0.862. The van der Waals surface area contributed by atoms with Crippen LogP contribution in [0.25, 0.3) is 0 Å². The molecule has 1 amide bonds. The molecule has 0 aromatic heterocycles. The highest BCUT2D eigenvalue weighted by atomic mass is 16.5. The third kappa shape index (κ3) is 4.45. The lowest BCUT2D eigenvalue weighted by atomic mass is 9.93. The van der Waals surface area contributed by atoms with Crippen molar-refractivity contribution >= 4 is 5.91 Å². The molecule has 4 heteroatoms. The van der Waals surface area contributed by atoms with Gasteiger partial charge in [-0.05, 0) is 66.0 Å². The van der Waals surface area contributed by atoms with E-state index in [2.05, 4.69) is 33.0 Å². The van der Waals surface area contributed by atoms with E-state index in [1.165, 1.54) is 12.8 Å². The third-order valence-electron chi connectivity index (χ3n) is 4.21. The number of ether oxygens (including phenoxy) is 1. The molecule has 0 aromatic rings. The van der Waals surface area contributed by atoms with Crippen LogP contribution in [0.1, 0.15) is 53.4 Å². The van der Waals surface area contributed by atoms with Crippen LogP contribution in [0.4, 0.5) is 0 Å². The van der Waals surface area contributed by atoms with Crippen LogP contribution in [0.15, 0.2) is 0 Å². The van der Waals surface area contributed by atoms with Crippen LogP contribution in [-0.2, 0) is 9.53 Å². The zero-order valence-electron chi connectivity index (χ0n) is 13.5. The molecule has 1 N–H and O–H groups in total. The first-order valence-corrected chi connectivity index (χ1v) is 7.96. The number of nitrogens with one attached hydrogen (secondary N) is 1. The van der Waals surface area contributed by atoms with Gasteiger partial charge in [0, 0.05) is 19.5 Å². The van der Waals surface area contributed by atoms with Gasteiger partial charge >= 0.3 is 0 Å². The van der Waals surface area contributed by atoms with Gasteiger partial charge in [-0.15, -0.1) is 0 Å². The Hall–Kier alpha value is -0.610. The molecule has 0 spiro atoms. The number of piperidine rings is 1. The monoisotopic (exact) mass is 282 g/mol. The first kappa shape index (κ1) is 15.8. The normalized spacial score (nSPS) is 29.2. The van der Waals surface area contributed by atoms with Gasteiger partial charge < -0.3 is 15.0 Å². The number of carbonyl (C=O) groups is 1. The van der Waals surface area contributed by atoms with Gasteiger partial charge in [-0.1, -0.05) is 0 Å². The number of nitrogens with zero attached hydrogens (tertiary/aromatic N) is 1. The minimum absolute atomic E-state index is 0.246. The van der Waals surface area contributed by atoms with E-state index < -0.39 is 0 Å². The standard InChI is InChI=1S/C16H30N2O2/c1-15(2)11-18(12-16(3,4)20-15)14(19)8-7-13-6-5-9-17-10-13/h13,17H,5-12H2,1-4H3. The summed E-state index contributed by atoms with van der Waals surface area (Å²) in [4.78, 5) is 14.5. The van der Waals surface area contributed by atoms with Crippen molar-refractivity contribution in [2.24, 2.45) is 5.92 Å². The zero-order chi connectivity index (χ0) is 14.8. The highest BCUT2D eigenvalue weighted by Gasteiger charge is 2.39. The Morgan fingerprint density at radius 2 is 1.90 bits per heavy atom. The SMILES string of the molecule is CC1(C)CN(C(=O)CCC2CCCNC2)CC(C)(C)O1. The van der Waals surface area contributed by atoms with E-state index in [9.17, 15) is 4.79 Å². The first-order valence-electron chi connectivity index (χ1n) is 7.96. The summed E-state index contributed by atoms with van der Waals surface area (Å²) in [6.07, 6.45) is 4.21. The highest BCUT2D eigenvalue weighted by Crippen LogP contribution is 2.29. The minimum atomic E-state index is -0.246. The second kappa shape index (κ2) is 6.02. The van der Waals surface area contributed by atoms with Crippen LogP contribution in [0.5, 0.6) is 0 Å². The van der Waals surface area contributed by atoms with Crippen LogP contribution in [0, 0.1) is 5.92 Å². The summed E-state index contributed by atoms with van der Waals surface area (Å²) in [5.74, 6) is 0.967. The summed E-state index contributed by atoms with van der Waals surface area (Å²) in [6.45, 7) is 11.9. The number of amides is 1. The highest BCUT2D eigenvalue weighted by molar-refractivity contribution is 5.76.